The zero-order valence-corrected chi connectivity index (χ0v) is 17.7. The molecule has 1 aliphatic carbocycles. The highest BCUT2D eigenvalue weighted by molar-refractivity contribution is 7.89. The lowest BCUT2D eigenvalue weighted by Gasteiger charge is -2.24. The molecule has 3 heterocycles. The molecule has 0 unspecified atom stereocenters. The van der Waals surface area contributed by atoms with E-state index in [9.17, 15) is 8.42 Å². The summed E-state index contributed by atoms with van der Waals surface area (Å²) in [6.07, 6.45) is 9.00. The minimum Gasteiger partial charge on any atom is -0.296 e. The van der Waals surface area contributed by atoms with Crippen LogP contribution in [-0.4, -0.2) is 48.3 Å². The Kier molecular flexibility index (Phi) is 5.18. The zero-order chi connectivity index (χ0) is 19.8. The molecule has 2 aliphatic heterocycles. The molecule has 3 aliphatic rings. The van der Waals surface area contributed by atoms with Crippen molar-refractivity contribution >= 4 is 10.0 Å². The Morgan fingerprint density at radius 3 is 2.55 bits per heavy atom. The van der Waals surface area contributed by atoms with E-state index in [1.54, 1.807) is 22.6 Å². The second-order valence-electron chi connectivity index (χ2n) is 8.77. The van der Waals surface area contributed by atoms with Crippen LogP contribution in [0.5, 0.6) is 0 Å². The number of hydrogen-bond donors (Lipinski definition) is 0. The largest absolute Gasteiger partial charge is 0.296 e. The number of aromatic nitrogens is 1. The monoisotopic (exact) mass is 411 g/mol. The maximum absolute atomic E-state index is 13.1. The van der Waals surface area contributed by atoms with Gasteiger partial charge in [0.05, 0.1) is 5.69 Å². The zero-order valence-electron chi connectivity index (χ0n) is 16.8. The van der Waals surface area contributed by atoms with Crippen molar-refractivity contribution in [1.29, 1.82) is 0 Å². The number of rotatable bonds is 5. The van der Waals surface area contributed by atoms with Crippen molar-refractivity contribution in [3.8, 4) is 11.3 Å². The summed E-state index contributed by atoms with van der Waals surface area (Å²) in [6.45, 7) is 3.43. The number of hydrogen-bond acceptors (Lipinski definition) is 4. The average Bonchev–Trinajstić information content (AvgIpc) is 3.38. The van der Waals surface area contributed by atoms with Crippen molar-refractivity contribution in [1.82, 2.24) is 14.2 Å². The first-order valence-corrected chi connectivity index (χ1v) is 12.3. The van der Waals surface area contributed by atoms with Crippen molar-refractivity contribution in [3.05, 3.63) is 48.2 Å². The quantitative estimate of drug-likeness (QED) is 0.749. The molecule has 29 heavy (non-hydrogen) atoms. The highest BCUT2D eigenvalue weighted by Crippen LogP contribution is 2.36. The molecular formula is C23H29N3O2S. The summed E-state index contributed by atoms with van der Waals surface area (Å²) in [5.41, 5.74) is 2.72. The van der Waals surface area contributed by atoms with Gasteiger partial charge in [-0.15, -0.1) is 0 Å². The molecule has 0 radical (unpaired) electrons. The van der Waals surface area contributed by atoms with Gasteiger partial charge in [-0.25, -0.2) is 8.42 Å². The maximum atomic E-state index is 13.1. The Balaban J connectivity index is 1.38. The van der Waals surface area contributed by atoms with Gasteiger partial charge in [0.1, 0.15) is 4.90 Å². The first kappa shape index (κ1) is 19.2. The third-order valence-electron chi connectivity index (χ3n) is 6.83. The minimum atomic E-state index is -3.49. The van der Waals surface area contributed by atoms with Crippen LogP contribution in [0, 0.1) is 5.92 Å². The van der Waals surface area contributed by atoms with Gasteiger partial charge in [0.25, 0.3) is 0 Å². The second-order valence-corrected chi connectivity index (χ2v) is 10.7. The van der Waals surface area contributed by atoms with Crippen molar-refractivity contribution in [2.24, 2.45) is 5.92 Å². The summed E-state index contributed by atoms with van der Waals surface area (Å²) < 4.78 is 27.8. The Morgan fingerprint density at radius 1 is 1.00 bits per heavy atom. The summed E-state index contributed by atoms with van der Waals surface area (Å²) in [5, 5.41) is 0. The van der Waals surface area contributed by atoms with Crippen molar-refractivity contribution in [3.63, 3.8) is 0 Å². The third-order valence-corrected chi connectivity index (χ3v) is 8.76. The molecule has 5 rings (SSSR count). The van der Waals surface area contributed by atoms with Crippen molar-refractivity contribution < 1.29 is 8.42 Å². The van der Waals surface area contributed by atoms with Crippen LogP contribution in [0.15, 0.2) is 47.5 Å². The fourth-order valence-electron chi connectivity index (χ4n) is 5.32. The molecule has 1 aromatic carbocycles. The van der Waals surface area contributed by atoms with E-state index in [0.29, 0.717) is 23.7 Å². The van der Waals surface area contributed by atoms with Gasteiger partial charge in [-0.1, -0.05) is 30.7 Å². The second kappa shape index (κ2) is 7.82. The van der Waals surface area contributed by atoms with E-state index in [4.69, 9.17) is 0 Å². The first-order chi connectivity index (χ1) is 14.1. The normalized spacial score (nSPS) is 25.5. The Labute approximate surface area is 173 Å². The van der Waals surface area contributed by atoms with E-state index in [-0.39, 0.29) is 0 Å². The Morgan fingerprint density at radius 2 is 1.79 bits per heavy atom. The van der Waals surface area contributed by atoms with Crippen LogP contribution >= 0.6 is 0 Å². The smallest absolute Gasteiger partial charge is 0.245 e. The van der Waals surface area contributed by atoms with Gasteiger partial charge in [-0.05, 0) is 55.7 Å². The molecular weight excluding hydrogens is 382 g/mol. The number of benzene rings is 1. The molecule has 2 aromatic rings. The molecule has 1 aromatic heterocycles. The molecule has 3 fully saturated rings. The van der Waals surface area contributed by atoms with Gasteiger partial charge >= 0.3 is 0 Å². The fourth-order valence-corrected chi connectivity index (χ4v) is 7.00. The summed E-state index contributed by atoms with van der Waals surface area (Å²) >= 11 is 0. The topological polar surface area (TPSA) is 53.5 Å². The molecule has 2 atom stereocenters. The van der Waals surface area contributed by atoms with Crippen LogP contribution in [0.25, 0.3) is 11.3 Å². The van der Waals surface area contributed by atoms with E-state index < -0.39 is 10.0 Å². The summed E-state index contributed by atoms with van der Waals surface area (Å²) in [5.74, 6) is 0.889. The molecule has 2 bridgehead atoms. The lowest BCUT2D eigenvalue weighted by molar-refractivity contribution is 0.237. The van der Waals surface area contributed by atoms with E-state index in [2.05, 4.69) is 22.0 Å². The summed E-state index contributed by atoms with van der Waals surface area (Å²) in [6, 6.07) is 12.5. The van der Waals surface area contributed by atoms with Crippen LogP contribution in [0.2, 0.25) is 0 Å². The molecule has 1 saturated carbocycles. The van der Waals surface area contributed by atoms with E-state index in [0.717, 1.165) is 36.9 Å². The van der Waals surface area contributed by atoms with Gasteiger partial charge in [-0.3, -0.25) is 9.88 Å². The van der Waals surface area contributed by atoms with Crippen LogP contribution in [0.3, 0.4) is 0 Å². The molecule has 6 heteroatoms. The number of fused-ring (bicyclic) bond motifs is 2. The molecule has 0 amide bonds. The van der Waals surface area contributed by atoms with E-state index in [1.165, 1.54) is 37.8 Å². The Hall–Kier alpha value is -1.76. The van der Waals surface area contributed by atoms with Gasteiger partial charge in [0, 0.05) is 44.0 Å². The maximum Gasteiger partial charge on any atom is 0.245 e. The van der Waals surface area contributed by atoms with Crippen molar-refractivity contribution in [2.45, 2.75) is 56.0 Å². The molecule has 2 saturated heterocycles. The Bertz CT molecular complexity index is 968. The van der Waals surface area contributed by atoms with Crippen LogP contribution in [-0.2, 0) is 16.6 Å². The predicted molar refractivity (Wildman–Crippen MR) is 114 cm³/mol. The third kappa shape index (κ3) is 3.74. The lowest BCUT2D eigenvalue weighted by Crippen LogP contribution is -2.28. The highest BCUT2D eigenvalue weighted by Gasteiger charge is 2.35. The SMILES string of the molecule is O=S(=O)(c1cccnc1-c1ccc(CN2C[C@@H]3CCC[C@H]2C3)cc1)N1CCCC1. The summed E-state index contributed by atoms with van der Waals surface area (Å²) in [4.78, 5) is 7.40. The minimum absolute atomic E-state index is 0.322. The summed E-state index contributed by atoms with van der Waals surface area (Å²) in [7, 11) is -3.49. The van der Waals surface area contributed by atoms with Crippen LogP contribution in [0.4, 0.5) is 0 Å². The van der Waals surface area contributed by atoms with Gasteiger partial charge in [0.2, 0.25) is 10.0 Å². The average molecular weight is 412 g/mol. The van der Waals surface area contributed by atoms with Crippen molar-refractivity contribution in [2.75, 3.05) is 19.6 Å². The lowest BCUT2D eigenvalue weighted by atomic mass is 9.90. The fraction of sp³-hybridized carbons (Fsp3) is 0.522. The van der Waals surface area contributed by atoms with Crippen LogP contribution < -0.4 is 0 Å². The molecule has 154 valence electrons. The number of pyridine rings is 1. The molecule has 5 nitrogen and oxygen atoms in total. The molecule has 0 N–H and O–H groups in total. The first-order valence-electron chi connectivity index (χ1n) is 10.9. The highest BCUT2D eigenvalue weighted by atomic mass is 32.2. The van der Waals surface area contributed by atoms with Gasteiger partial charge < -0.3 is 0 Å². The standard InChI is InChI=1S/C23H29N3O2S/c27-29(28,26-13-1-2-14-26)22-7-4-12-24-23(22)20-10-8-18(9-11-20)16-25-17-19-5-3-6-21(25)15-19/h4,7-12,19,21H,1-3,5-6,13-17H2/t19-,21+/m1/s1. The van der Waals surface area contributed by atoms with Crippen LogP contribution in [0.1, 0.15) is 44.1 Å². The predicted octanol–water partition coefficient (Wildman–Crippen LogP) is 3.91. The van der Waals surface area contributed by atoms with E-state index in [1.807, 2.05) is 12.1 Å². The number of nitrogens with zero attached hydrogens (tertiary/aromatic N) is 3. The van der Waals surface area contributed by atoms with Gasteiger partial charge in [-0.2, -0.15) is 4.31 Å². The molecule has 0 spiro atoms. The van der Waals surface area contributed by atoms with E-state index >= 15 is 0 Å². The number of sulfonamides is 1. The van der Waals surface area contributed by atoms with Gasteiger partial charge in [0.15, 0.2) is 0 Å². The number of likely N-dealkylation sites (tertiary alicyclic amines) is 1.